The second kappa shape index (κ2) is 8.13. The van der Waals surface area contributed by atoms with Crippen molar-refractivity contribution in [3.8, 4) is 0 Å². The maximum Gasteiger partial charge on any atom is 0.118 e. The van der Waals surface area contributed by atoms with Gasteiger partial charge in [-0.3, -0.25) is 4.90 Å². The second-order valence-corrected chi connectivity index (χ2v) is 7.69. The number of thiophene rings is 1. The van der Waals surface area contributed by atoms with Gasteiger partial charge < -0.3 is 9.73 Å². The van der Waals surface area contributed by atoms with Crippen LogP contribution in [0.3, 0.4) is 0 Å². The van der Waals surface area contributed by atoms with Gasteiger partial charge in [0.1, 0.15) is 11.5 Å². The molecule has 116 valence electrons. The first-order valence-corrected chi connectivity index (χ1v) is 8.96. The fourth-order valence-corrected chi connectivity index (χ4v) is 3.51. The van der Waals surface area contributed by atoms with Gasteiger partial charge in [-0.05, 0) is 65.9 Å². The molecule has 0 atom stereocenters. The molecule has 0 spiro atoms. The van der Waals surface area contributed by atoms with Gasteiger partial charge in [0.25, 0.3) is 0 Å². The maximum absolute atomic E-state index is 5.82. The average Bonchev–Trinajstić information content (AvgIpc) is 2.97. The van der Waals surface area contributed by atoms with Gasteiger partial charge in [-0.1, -0.05) is 6.92 Å². The molecule has 0 bridgehead atoms. The van der Waals surface area contributed by atoms with E-state index in [2.05, 4.69) is 57.6 Å². The Balaban J connectivity index is 1.89. The van der Waals surface area contributed by atoms with E-state index in [0.717, 1.165) is 44.1 Å². The summed E-state index contributed by atoms with van der Waals surface area (Å²) in [6, 6.07) is 4.36. The van der Waals surface area contributed by atoms with Gasteiger partial charge in [-0.15, -0.1) is 11.3 Å². The molecule has 0 aliphatic rings. The van der Waals surface area contributed by atoms with Crippen molar-refractivity contribution in [3.63, 3.8) is 0 Å². The molecule has 0 aliphatic heterocycles. The van der Waals surface area contributed by atoms with Crippen molar-refractivity contribution >= 4 is 27.3 Å². The summed E-state index contributed by atoms with van der Waals surface area (Å²) in [6.07, 6.45) is 1.14. The van der Waals surface area contributed by atoms with E-state index in [9.17, 15) is 0 Å². The molecule has 0 aliphatic carbocycles. The van der Waals surface area contributed by atoms with Crippen LogP contribution in [0.2, 0.25) is 0 Å². The minimum Gasteiger partial charge on any atom is -0.465 e. The van der Waals surface area contributed by atoms with Crippen LogP contribution in [0.4, 0.5) is 0 Å². The lowest BCUT2D eigenvalue weighted by molar-refractivity contribution is 0.316. The Morgan fingerprint density at radius 1 is 1.33 bits per heavy atom. The maximum atomic E-state index is 5.82. The van der Waals surface area contributed by atoms with Crippen LogP contribution in [-0.2, 0) is 19.6 Å². The molecular weight excluding hydrogens is 348 g/mol. The Labute approximate surface area is 139 Å². The number of hydrogen-bond donors (Lipinski definition) is 1. The molecule has 2 aromatic heterocycles. The third-order valence-electron chi connectivity index (χ3n) is 3.31. The van der Waals surface area contributed by atoms with Crippen molar-refractivity contribution < 1.29 is 4.42 Å². The average molecular weight is 371 g/mol. The van der Waals surface area contributed by atoms with Crippen LogP contribution in [0.15, 0.2) is 25.7 Å². The molecule has 0 aromatic carbocycles. The number of halogens is 1. The van der Waals surface area contributed by atoms with E-state index < -0.39 is 0 Å². The molecule has 2 aromatic rings. The number of rotatable bonds is 8. The number of nitrogens with zero attached hydrogens (tertiary/aromatic N) is 1. The van der Waals surface area contributed by atoms with Crippen molar-refractivity contribution in [2.75, 3.05) is 13.6 Å². The van der Waals surface area contributed by atoms with Gasteiger partial charge in [0.05, 0.1) is 10.3 Å². The highest BCUT2D eigenvalue weighted by Crippen LogP contribution is 2.22. The van der Waals surface area contributed by atoms with Crippen molar-refractivity contribution in [1.29, 1.82) is 0 Å². The predicted octanol–water partition coefficient (Wildman–Crippen LogP) is 4.54. The molecule has 5 heteroatoms. The number of aryl methyl sites for hydroxylation is 1. The molecule has 1 N–H and O–H groups in total. The minimum absolute atomic E-state index is 0.815. The molecule has 3 nitrogen and oxygen atoms in total. The summed E-state index contributed by atoms with van der Waals surface area (Å²) in [5.41, 5.74) is 2.63. The third-order valence-corrected chi connectivity index (χ3v) is 4.87. The molecule has 0 radical (unpaired) electrons. The van der Waals surface area contributed by atoms with Gasteiger partial charge in [0.15, 0.2) is 0 Å². The molecule has 0 saturated heterocycles. The summed E-state index contributed by atoms with van der Waals surface area (Å²) in [4.78, 5) is 2.32. The molecule has 0 fully saturated rings. The van der Waals surface area contributed by atoms with Crippen LogP contribution in [0.5, 0.6) is 0 Å². The van der Waals surface area contributed by atoms with E-state index in [1.807, 2.05) is 6.92 Å². The fraction of sp³-hybridized carbons (Fsp3) is 0.500. The van der Waals surface area contributed by atoms with Crippen LogP contribution in [0.1, 0.15) is 36.0 Å². The molecular formula is C16H23BrN2OS. The highest BCUT2D eigenvalue weighted by atomic mass is 79.9. The quantitative estimate of drug-likeness (QED) is 0.691. The molecule has 2 rings (SSSR count). The van der Waals surface area contributed by atoms with Gasteiger partial charge >= 0.3 is 0 Å². The Bertz CT molecular complexity index is 564. The lowest BCUT2D eigenvalue weighted by Gasteiger charge is -2.15. The second-order valence-electron chi connectivity index (χ2n) is 5.40. The number of furan rings is 1. The summed E-state index contributed by atoms with van der Waals surface area (Å²) in [7, 11) is 2.15. The third kappa shape index (κ3) is 5.25. The topological polar surface area (TPSA) is 28.4 Å². The van der Waals surface area contributed by atoms with Crippen LogP contribution < -0.4 is 5.32 Å². The molecule has 0 saturated carbocycles. The number of hydrogen-bond acceptors (Lipinski definition) is 4. The van der Waals surface area contributed by atoms with Crippen molar-refractivity contribution in [2.45, 2.75) is 39.9 Å². The molecule has 0 unspecified atom stereocenters. The van der Waals surface area contributed by atoms with Crippen molar-refractivity contribution in [3.05, 3.63) is 43.9 Å². The Morgan fingerprint density at radius 3 is 2.81 bits per heavy atom. The van der Waals surface area contributed by atoms with Gasteiger partial charge in [0, 0.05) is 18.7 Å². The first kappa shape index (κ1) is 16.7. The SMILES string of the molecule is CCCNCc1cc(CN(C)Cc2csc(Br)c2)c(C)o1. The lowest BCUT2D eigenvalue weighted by Crippen LogP contribution is -2.17. The zero-order valence-corrected chi connectivity index (χ0v) is 15.3. The zero-order valence-electron chi connectivity index (χ0n) is 12.9. The standard InChI is InChI=1S/C16H23BrN2OS/c1-4-5-18-8-15-7-14(12(2)20-15)10-19(3)9-13-6-16(17)21-11-13/h6-7,11,18H,4-5,8-10H2,1-3H3. The van der Waals surface area contributed by atoms with Crippen LogP contribution in [0, 0.1) is 6.92 Å². The number of nitrogens with one attached hydrogen (secondary N) is 1. The Hall–Kier alpha value is -0.620. The van der Waals surface area contributed by atoms with E-state index >= 15 is 0 Å². The smallest absolute Gasteiger partial charge is 0.118 e. The lowest BCUT2D eigenvalue weighted by atomic mass is 10.2. The zero-order chi connectivity index (χ0) is 15.2. The highest BCUT2D eigenvalue weighted by Gasteiger charge is 2.10. The van der Waals surface area contributed by atoms with Crippen LogP contribution in [0.25, 0.3) is 0 Å². The Morgan fingerprint density at radius 2 is 2.14 bits per heavy atom. The monoisotopic (exact) mass is 370 g/mol. The van der Waals surface area contributed by atoms with Gasteiger partial charge in [-0.25, -0.2) is 0 Å². The van der Waals surface area contributed by atoms with E-state index in [1.54, 1.807) is 11.3 Å². The predicted molar refractivity (Wildman–Crippen MR) is 92.6 cm³/mol. The van der Waals surface area contributed by atoms with Crippen molar-refractivity contribution in [1.82, 2.24) is 10.2 Å². The summed E-state index contributed by atoms with van der Waals surface area (Å²) >= 11 is 5.25. The Kier molecular flexibility index (Phi) is 6.48. The summed E-state index contributed by atoms with van der Waals surface area (Å²) in [5, 5.41) is 5.57. The largest absolute Gasteiger partial charge is 0.465 e. The molecule has 0 amide bonds. The normalized spacial score (nSPS) is 11.5. The van der Waals surface area contributed by atoms with E-state index in [1.165, 1.54) is 14.9 Å². The van der Waals surface area contributed by atoms with Crippen LogP contribution >= 0.6 is 27.3 Å². The van der Waals surface area contributed by atoms with Crippen molar-refractivity contribution in [2.24, 2.45) is 0 Å². The first-order chi connectivity index (χ1) is 10.1. The molecule has 2 heterocycles. The van der Waals surface area contributed by atoms with E-state index in [0.29, 0.717) is 0 Å². The first-order valence-electron chi connectivity index (χ1n) is 7.28. The van der Waals surface area contributed by atoms with E-state index in [4.69, 9.17) is 4.42 Å². The van der Waals surface area contributed by atoms with E-state index in [-0.39, 0.29) is 0 Å². The summed E-state index contributed by atoms with van der Waals surface area (Å²) < 4.78 is 7.01. The van der Waals surface area contributed by atoms with Gasteiger partial charge in [0.2, 0.25) is 0 Å². The fourth-order valence-electron chi connectivity index (χ4n) is 2.31. The van der Waals surface area contributed by atoms with Crippen LogP contribution in [-0.4, -0.2) is 18.5 Å². The highest BCUT2D eigenvalue weighted by molar-refractivity contribution is 9.11. The van der Waals surface area contributed by atoms with Gasteiger partial charge in [-0.2, -0.15) is 0 Å². The molecule has 21 heavy (non-hydrogen) atoms. The minimum atomic E-state index is 0.815. The summed E-state index contributed by atoms with van der Waals surface area (Å²) in [5.74, 6) is 2.06. The summed E-state index contributed by atoms with van der Waals surface area (Å²) in [6.45, 7) is 7.93.